The molecule has 0 bridgehead atoms. The Morgan fingerprint density at radius 2 is 2.04 bits per heavy atom. The van der Waals surface area contributed by atoms with Gasteiger partial charge in [-0.1, -0.05) is 17.7 Å². The second-order valence-electron chi connectivity index (χ2n) is 5.13. The zero-order valence-corrected chi connectivity index (χ0v) is 17.9. The Labute approximate surface area is 171 Å². The van der Waals surface area contributed by atoms with Crippen molar-refractivity contribution in [1.82, 2.24) is 10.6 Å². The molecular formula is C17H28ClFIN3O2. The molecule has 0 amide bonds. The van der Waals surface area contributed by atoms with Gasteiger partial charge in [-0.05, 0) is 37.5 Å². The third-order valence-electron chi connectivity index (χ3n) is 3.19. The molecule has 1 rings (SSSR count). The molecule has 0 radical (unpaired) electrons. The van der Waals surface area contributed by atoms with Crippen molar-refractivity contribution in [1.29, 1.82) is 0 Å². The van der Waals surface area contributed by atoms with Gasteiger partial charge in [-0.2, -0.15) is 0 Å². The van der Waals surface area contributed by atoms with Crippen LogP contribution < -0.4 is 10.6 Å². The standard InChI is InChI=1S/C17H27ClFN3O2.HI/c1-3-20-17(21-8-4-10-24-12-11-23-2)22-9-7-14-5-6-15(19)13-16(14)18;/h5-6,13H,3-4,7-12H2,1-2H3,(H2,20,21,22);1H. The average Bonchev–Trinajstić information content (AvgIpc) is 2.56. The fraction of sp³-hybridized carbons (Fsp3) is 0.588. The summed E-state index contributed by atoms with van der Waals surface area (Å²) in [6, 6.07) is 4.46. The van der Waals surface area contributed by atoms with Crippen LogP contribution in [0.4, 0.5) is 4.39 Å². The molecule has 0 saturated carbocycles. The zero-order chi connectivity index (χ0) is 17.6. The monoisotopic (exact) mass is 487 g/mol. The van der Waals surface area contributed by atoms with Crippen molar-refractivity contribution in [2.75, 3.05) is 46.6 Å². The number of benzene rings is 1. The van der Waals surface area contributed by atoms with E-state index in [0.717, 1.165) is 24.5 Å². The van der Waals surface area contributed by atoms with E-state index in [0.29, 0.717) is 44.4 Å². The van der Waals surface area contributed by atoms with Crippen molar-refractivity contribution in [3.05, 3.63) is 34.6 Å². The number of hydrogen-bond acceptors (Lipinski definition) is 3. The first-order chi connectivity index (χ1) is 11.7. The molecule has 0 unspecified atom stereocenters. The second kappa shape index (κ2) is 15.6. The van der Waals surface area contributed by atoms with Gasteiger partial charge in [0, 0.05) is 38.4 Å². The summed E-state index contributed by atoms with van der Waals surface area (Å²) in [5.41, 5.74) is 0.910. The first-order valence-electron chi connectivity index (χ1n) is 8.20. The Hall–Kier alpha value is -0.640. The van der Waals surface area contributed by atoms with Crippen LogP contribution in [-0.4, -0.2) is 52.5 Å². The van der Waals surface area contributed by atoms with Crippen LogP contribution in [0.5, 0.6) is 0 Å². The van der Waals surface area contributed by atoms with Crippen molar-refractivity contribution in [3.8, 4) is 0 Å². The number of rotatable bonds is 11. The molecule has 1 aromatic rings. The molecular weight excluding hydrogens is 460 g/mol. The molecule has 0 aliphatic carbocycles. The maximum Gasteiger partial charge on any atom is 0.191 e. The summed E-state index contributed by atoms with van der Waals surface area (Å²) < 4.78 is 23.3. The maximum absolute atomic E-state index is 13.0. The number of nitrogens with zero attached hydrogens (tertiary/aromatic N) is 1. The van der Waals surface area contributed by atoms with Gasteiger partial charge in [-0.25, -0.2) is 4.39 Å². The molecule has 0 aliphatic rings. The van der Waals surface area contributed by atoms with Gasteiger partial charge in [-0.3, -0.25) is 4.99 Å². The van der Waals surface area contributed by atoms with Crippen LogP contribution in [0, 0.1) is 5.82 Å². The molecule has 0 aromatic heterocycles. The minimum absolute atomic E-state index is 0. The van der Waals surface area contributed by atoms with E-state index >= 15 is 0 Å². The summed E-state index contributed by atoms with van der Waals surface area (Å²) in [5.74, 6) is 0.437. The summed E-state index contributed by atoms with van der Waals surface area (Å²) >= 11 is 6.02. The number of hydrogen-bond donors (Lipinski definition) is 2. The van der Waals surface area contributed by atoms with Crippen LogP contribution in [0.15, 0.2) is 23.2 Å². The number of aliphatic imine (C=N–C) groups is 1. The minimum atomic E-state index is -0.320. The topological polar surface area (TPSA) is 54.9 Å². The van der Waals surface area contributed by atoms with E-state index < -0.39 is 0 Å². The fourth-order valence-electron chi connectivity index (χ4n) is 1.98. The smallest absolute Gasteiger partial charge is 0.191 e. The highest BCUT2D eigenvalue weighted by Gasteiger charge is 2.03. The Bertz CT molecular complexity index is 507. The van der Waals surface area contributed by atoms with E-state index in [1.165, 1.54) is 12.1 Å². The SMILES string of the molecule is CCNC(=NCCCOCCOC)NCCc1ccc(F)cc1Cl.I. The van der Waals surface area contributed by atoms with Gasteiger partial charge in [0.1, 0.15) is 5.82 Å². The van der Waals surface area contributed by atoms with Crippen molar-refractivity contribution >= 4 is 41.5 Å². The number of halogens is 3. The number of nitrogens with one attached hydrogen (secondary N) is 2. The first kappa shape index (κ1) is 24.4. The number of methoxy groups -OCH3 is 1. The third kappa shape index (κ3) is 11.6. The van der Waals surface area contributed by atoms with E-state index in [-0.39, 0.29) is 29.8 Å². The Morgan fingerprint density at radius 1 is 1.24 bits per heavy atom. The maximum atomic E-state index is 13.0. The number of ether oxygens (including phenoxy) is 2. The van der Waals surface area contributed by atoms with Gasteiger partial charge in [0.2, 0.25) is 0 Å². The predicted octanol–water partition coefficient (Wildman–Crippen LogP) is 3.25. The highest BCUT2D eigenvalue weighted by atomic mass is 127. The molecule has 0 spiro atoms. The highest BCUT2D eigenvalue weighted by molar-refractivity contribution is 14.0. The van der Waals surface area contributed by atoms with Crippen LogP contribution in [-0.2, 0) is 15.9 Å². The summed E-state index contributed by atoms with van der Waals surface area (Å²) in [6.45, 7) is 6.03. The van der Waals surface area contributed by atoms with Gasteiger partial charge in [0.15, 0.2) is 5.96 Å². The summed E-state index contributed by atoms with van der Waals surface area (Å²) in [7, 11) is 1.65. The predicted molar refractivity (Wildman–Crippen MR) is 112 cm³/mol. The van der Waals surface area contributed by atoms with E-state index in [4.69, 9.17) is 21.1 Å². The van der Waals surface area contributed by atoms with Gasteiger partial charge in [-0.15, -0.1) is 24.0 Å². The highest BCUT2D eigenvalue weighted by Crippen LogP contribution is 2.17. The summed E-state index contributed by atoms with van der Waals surface area (Å²) in [5, 5.41) is 6.89. The van der Waals surface area contributed by atoms with Gasteiger partial charge >= 0.3 is 0 Å². The van der Waals surface area contributed by atoms with Crippen molar-refractivity contribution in [2.24, 2.45) is 4.99 Å². The Kier molecular flexibility index (Phi) is 15.2. The van der Waals surface area contributed by atoms with E-state index in [1.807, 2.05) is 6.92 Å². The Morgan fingerprint density at radius 3 is 2.72 bits per heavy atom. The van der Waals surface area contributed by atoms with Crippen LogP contribution in [0.1, 0.15) is 18.9 Å². The van der Waals surface area contributed by atoms with Gasteiger partial charge in [0.25, 0.3) is 0 Å². The lowest BCUT2D eigenvalue weighted by molar-refractivity contribution is 0.0702. The van der Waals surface area contributed by atoms with Crippen molar-refractivity contribution < 1.29 is 13.9 Å². The molecule has 0 fully saturated rings. The quantitative estimate of drug-likeness (QED) is 0.218. The zero-order valence-electron chi connectivity index (χ0n) is 14.8. The second-order valence-corrected chi connectivity index (χ2v) is 5.54. The molecule has 25 heavy (non-hydrogen) atoms. The largest absolute Gasteiger partial charge is 0.382 e. The Balaban J connectivity index is 0.00000576. The van der Waals surface area contributed by atoms with Crippen molar-refractivity contribution in [2.45, 2.75) is 19.8 Å². The molecule has 144 valence electrons. The first-order valence-corrected chi connectivity index (χ1v) is 8.58. The molecule has 0 heterocycles. The molecule has 5 nitrogen and oxygen atoms in total. The van der Waals surface area contributed by atoms with E-state index in [9.17, 15) is 4.39 Å². The van der Waals surface area contributed by atoms with Gasteiger partial charge in [0.05, 0.1) is 13.2 Å². The van der Waals surface area contributed by atoms with E-state index in [1.54, 1.807) is 13.2 Å². The molecule has 1 aromatic carbocycles. The molecule has 0 saturated heterocycles. The summed E-state index contributed by atoms with van der Waals surface area (Å²) in [6.07, 6.45) is 1.55. The van der Waals surface area contributed by atoms with Crippen molar-refractivity contribution in [3.63, 3.8) is 0 Å². The van der Waals surface area contributed by atoms with Crippen LogP contribution in [0.3, 0.4) is 0 Å². The minimum Gasteiger partial charge on any atom is -0.382 e. The molecule has 0 atom stereocenters. The number of guanidine groups is 1. The van der Waals surface area contributed by atoms with Crippen LogP contribution >= 0.6 is 35.6 Å². The lowest BCUT2D eigenvalue weighted by Gasteiger charge is -2.12. The normalized spacial score (nSPS) is 11.1. The van der Waals surface area contributed by atoms with E-state index in [2.05, 4.69) is 15.6 Å². The van der Waals surface area contributed by atoms with Crippen LogP contribution in [0.25, 0.3) is 0 Å². The summed E-state index contributed by atoms with van der Waals surface area (Å²) in [4.78, 5) is 4.49. The van der Waals surface area contributed by atoms with Gasteiger partial charge < -0.3 is 20.1 Å². The lowest BCUT2D eigenvalue weighted by atomic mass is 10.1. The molecule has 2 N–H and O–H groups in total. The average molecular weight is 488 g/mol. The molecule has 8 heteroatoms. The molecule has 0 aliphatic heterocycles. The third-order valence-corrected chi connectivity index (χ3v) is 3.55. The van der Waals surface area contributed by atoms with Crippen LogP contribution in [0.2, 0.25) is 5.02 Å². The lowest BCUT2D eigenvalue weighted by Crippen LogP contribution is -2.38. The fourth-order valence-corrected chi connectivity index (χ4v) is 2.25.